The zero-order valence-electron chi connectivity index (χ0n) is 13.1. The molecule has 0 saturated heterocycles. The molecule has 0 radical (unpaired) electrons. The molecule has 2 atom stereocenters. The maximum absolute atomic E-state index is 11.4. The van der Waals surface area contributed by atoms with Gasteiger partial charge in [0.05, 0.1) is 6.04 Å². The number of rotatable bonds is 7. The highest BCUT2D eigenvalue weighted by atomic mass is 35.5. The Morgan fingerprint density at radius 1 is 1.24 bits per heavy atom. The minimum absolute atomic E-state index is 0.0313. The summed E-state index contributed by atoms with van der Waals surface area (Å²) in [4.78, 5) is 23.9. The zero-order chi connectivity index (χ0) is 16.0. The van der Waals surface area contributed by atoms with Crippen molar-refractivity contribution in [3.05, 3.63) is 5.28 Å². The molecule has 0 aliphatic heterocycles. The highest BCUT2D eigenvalue weighted by Gasteiger charge is 2.19. The van der Waals surface area contributed by atoms with Crippen LogP contribution < -0.4 is 15.8 Å². The summed E-state index contributed by atoms with van der Waals surface area (Å²) in [6.45, 7) is 9.51. The Morgan fingerprint density at radius 2 is 1.90 bits per heavy atom. The predicted octanol–water partition coefficient (Wildman–Crippen LogP) is 2.39. The van der Waals surface area contributed by atoms with Gasteiger partial charge in [-0.3, -0.25) is 10.2 Å². The Balaban J connectivity index is 3.09. The molecule has 1 aromatic rings. The summed E-state index contributed by atoms with van der Waals surface area (Å²) in [6, 6.07) is 0.248. The summed E-state index contributed by atoms with van der Waals surface area (Å²) in [5, 5.41) is 4.85. The quantitative estimate of drug-likeness (QED) is 0.752. The predicted molar refractivity (Wildman–Crippen MR) is 84.3 cm³/mol. The number of amides is 1. The maximum atomic E-state index is 11.4. The molecule has 0 unspecified atom stereocenters. The first-order valence-corrected chi connectivity index (χ1v) is 7.49. The molecule has 7 nitrogen and oxygen atoms in total. The molecule has 1 amide bonds. The van der Waals surface area contributed by atoms with Crippen LogP contribution in [0.5, 0.6) is 0 Å². The minimum atomic E-state index is -0.191. The molecule has 118 valence electrons. The highest BCUT2D eigenvalue weighted by Crippen LogP contribution is 2.16. The minimum Gasteiger partial charge on any atom is -0.352 e. The van der Waals surface area contributed by atoms with Gasteiger partial charge < -0.3 is 5.32 Å². The molecule has 1 heterocycles. The van der Waals surface area contributed by atoms with Gasteiger partial charge in [0.1, 0.15) is 0 Å². The van der Waals surface area contributed by atoms with Crippen LogP contribution in [-0.2, 0) is 4.79 Å². The van der Waals surface area contributed by atoms with Gasteiger partial charge in [0, 0.05) is 13.0 Å². The summed E-state index contributed by atoms with van der Waals surface area (Å²) in [5.74, 6) is 0.534. The van der Waals surface area contributed by atoms with Crippen LogP contribution in [-0.4, -0.2) is 32.9 Å². The molecule has 0 fully saturated rings. The average Bonchev–Trinajstić information content (AvgIpc) is 2.42. The first-order chi connectivity index (χ1) is 9.87. The lowest BCUT2D eigenvalue weighted by atomic mass is 10.2. The molecule has 0 aromatic carbocycles. The van der Waals surface area contributed by atoms with Gasteiger partial charge in [0.2, 0.25) is 17.1 Å². The van der Waals surface area contributed by atoms with E-state index in [1.807, 2.05) is 20.8 Å². The van der Waals surface area contributed by atoms with Crippen molar-refractivity contribution in [1.82, 2.24) is 20.4 Å². The van der Waals surface area contributed by atoms with Gasteiger partial charge in [0.25, 0.3) is 5.95 Å². The third-order valence-electron chi connectivity index (χ3n) is 3.11. The van der Waals surface area contributed by atoms with Crippen molar-refractivity contribution in [2.75, 3.05) is 10.3 Å². The maximum Gasteiger partial charge on any atom is 0.250 e. The molecule has 2 N–H and O–H groups in total. The molecule has 1 aromatic heterocycles. The normalized spacial score (nSPS) is 13.4. The number of hydrogen-bond acceptors (Lipinski definition) is 6. The summed E-state index contributed by atoms with van der Waals surface area (Å²) >= 11 is 5.96. The van der Waals surface area contributed by atoms with Gasteiger partial charge in [-0.15, -0.1) is 0 Å². The van der Waals surface area contributed by atoms with E-state index < -0.39 is 0 Å². The van der Waals surface area contributed by atoms with Crippen LogP contribution in [0.15, 0.2) is 0 Å². The molecule has 21 heavy (non-hydrogen) atoms. The standard InChI is InChI=1S/C13H23ClN6O/c1-6-8(3)15-12-16-11(14)17-13(18-12)20(9(4)7-2)19-10(5)21/h8-9H,6-7H2,1-5H3,(H,19,21)(H,15,16,17,18)/t8-,9-/m1/s1. The molecule has 0 aliphatic rings. The summed E-state index contributed by atoms with van der Waals surface area (Å²) in [7, 11) is 0. The topological polar surface area (TPSA) is 83.0 Å². The van der Waals surface area contributed by atoms with E-state index in [0.717, 1.165) is 12.8 Å². The molecular formula is C13H23ClN6O. The Labute approximate surface area is 130 Å². The van der Waals surface area contributed by atoms with Gasteiger partial charge in [-0.05, 0) is 38.3 Å². The smallest absolute Gasteiger partial charge is 0.250 e. The van der Waals surface area contributed by atoms with E-state index in [1.54, 1.807) is 5.01 Å². The second-order valence-electron chi connectivity index (χ2n) is 4.98. The monoisotopic (exact) mass is 314 g/mol. The molecule has 0 bridgehead atoms. The second-order valence-corrected chi connectivity index (χ2v) is 5.32. The molecule has 1 rings (SSSR count). The Morgan fingerprint density at radius 3 is 2.43 bits per heavy atom. The van der Waals surface area contributed by atoms with Crippen LogP contribution in [0.4, 0.5) is 11.9 Å². The summed E-state index contributed by atoms with van der Waals surface area (Å²) < 4.78 is 0. The van der Waals surface area contributed by atoms with Crippen molar-refractivity contribution in [2.45, 2.75) is 59.5 Å². The Kier molecular flexibility index (Phi) is 6.61. The number of anilines is 2. The lowest BCUT2D eigenvalue weighted by Gasteiger charge is -2.28. The number of hydrazine groups is 1. The first-order valence-electron chi connectivity index (χ1n) is 7.11. The van der Waals surface area contributed by atoms with Crippen LogP contribution in [0.3, 0.4) is 0 Å². The van der Waals surface area contributed by atoms with E-state index in [9.17, 15) is 4.79 Å². The van der Waals surface area contributed by atoms with Gasteiger partial charge in [-0.1, -0.05) is 13.8 Å². The van der Waals surface area contributed by atoms with Crippen molar-refractivity contribution in [3.8, 4) is 0 Å². The third-order valence-corrected chi connectivity index (χ3v) is 3.28. The average molecular weight is 315 g/mol. The number of carbonyl (C=O) groups is 1. The van der Waals surface area contributed by atoms with Crippen LogP contribution in [0.25, 0.3) is 0 Å². The highest BCUT2D eigenvalue weighted by molar-refractivity contribution is 6.28. The SMILES string of the molecule is CC[C@@H](C)Nc1nc(Cl)nc(N(NC(C)=O)[C@H](C)CC)n1. The van der Waals surface area contributed by atoms with E-state index >= 15 is 0 Å². The number of nitrogens with one attached hydrogen (secondary N) is 2. The first kappa shape index (κ1) is 17.4. The summed E-state index contributed by atoms with van der Waals surface area (Å²) in [6.07, 6.45) is 1.75. The fourth-order valence-electron chi connectivity index (χ4n) is 1.54. The second kappa shape index (κ2) is 7.97. The van der Waals surface area contributed by atoms with Gasteiger partial charge in [0.15, 0.2) is 0 Å². The van der Waals surface area contributed by atoms with Crippen LogP contribution >= 0.6 is 11.6 Å². The zero-order valence-corrected chi connectivity index (χ0v) is 13.9. The number of halogens is 1. The number of aromatic nitrogens is 3. The van der Waals surface area contributed by atoms with E-state index in [1.165, 1.54) is 6.92 Å². The molecule has 8 heteroatoms. The van der Waals surface area contributed by atoms with Gasteiger partial charge >= 0.3 is 0 Å². The van der Waals surface area contributed by atoms with Crippen LogP contribution in [0.2, 0.25) is 5.28 Å². The molecule has 0 aliphatic carbocycles. The van der Waals surface area contributed by atoms with Crippen molar-refractivity contribution in [1.29, 1.82) is 0 Å². The summed E-state index contributed by atoms with van der Waals surface area (Å²) in [5.41, 5.74) is 2.72. The van der Waals surface area contributed by atoms with Crippen LogP contribution in [0, 0.1) is 0 Å². The largest absolute Gasteiger partial charge is 0.352 e. The van der Waals surface area contributed by atoms with Gasteiger partial charge in [-0.2, -0.15) is 15.0 Å². The number of hydrogen-bond donors (Lipinski definition) is 2. The van der Waals surface area contributed by atoms with Crippen molar-refractivity contribution < 1.29 is 4.79 Å². The fraction of sp³-hybridized carbons (Fsp3) is 0.692. The third kappa shape index (κ3) is 5.34. The van der Waals surface area contributed by atoms with Crippen molar-refractivity contribution in [2.24, 2.45) is 0 Å². The van der Waals surface area contributed by atoms with E-state index in [2.05, 4.69) is 32.6 Å². The van der Waals surface area contributed by atoms with E-state index in [-0.39, 0.29) is 23.3 Å². The van der Waals surface area contributed by atoms with E-state index in [0.29, 0.717) is 11.9 Å². The van der Waals surface area contributed by atoms with Crippen molar-refractivity contribution in [3.63, 3.8) is 0 Å². The fourth-order valence-corrected chi connectivity index (χ4v) is 1.70. The van der Waals surface area contributed by atoms with Crippen LogP contribution in [0.1, 0.15) is 47.5 Å². The molecule has 0 saturated carbocycles. The lowest BCUT2D eigenvalue weighted by molar-refractivity contribution is -0.119. The Bertz CT molecular complexity index is 484. The Hall–Kier alpha value is -1.63. The number of nitrogens with zero attached hydrogens (tertiary/aromatic N) is 4. The van der Waals surface area contributed by atoms with E-state index in [4.69, 9.17) is 11.6 Å². The van der Waals surface area contributed by atoms with Gasteiger partial charge in [-0.25, -0.2) is 5.01 Å². The van der Waals surface area contributed by atoms with Crippen molar-refractivity contribution >= 4 is 29.4 Å². The number of carbonyl (C=O) groups excluding carboxylic acids is 1. The lowest BCUT2D eigenvalue weighted by Crippen LogP contribution is -2.47. The molecule has 0 spiro atoms. The molecular weight excluding hydrogens is 292 g/mol.